The fourth-order valence-electron chi connectivity index (χ4n) is 2.69. The minimum atomic E-state index is -0.151. The highest BCUT2D eigenvalue weighted by molar-refractivity contribution is 5.95. The van der Waals surface area contributed by atoms with Crippen molar-refractivity contribution in [2.45, 2.75) is 13.0 Å². The maximum absolute atomic E-state index is 12.4. The first-order chi connectivity index (χ1) is 8.88. The number of aromatic hydroxyl groups is 2. The van der Waals surface area contributed by atoms with E-state index in [4.69, 9.17) is 0 Å². The standard InChI is InChI=1S/C14H20N2O3/c1-9-7-16(8-13(9)15(2)3)14(19)10-4-11(17)6-12(18)5-10/h4-6,9,13,17-18H,7-8H2,1-3H3. The van der Waals surface area contributed by atoms with Crippen LogP contribution < -0.4 is 0 Å². The Balaban J connectivity index is 2.17. The summed E-state index contributed by atoms with van der Waals surface area (Å²) >= 11 is 0. The normalized spacial score (nSPS) is 23.1. The molecule has 1 fully saturated rings. The zero-order valence-electron chi connectivity index (χ0n) is 11.5. The van der Waals surface area contributed by atoms with E-state index in [-0.39, 0.29) is 17.4 Å². The molecule has 2 N–H and O–H groups in total. The third kappa shape index (κ3) is 2.81. The highest BCUT2D eigenvalue weighted by Gasteiger charge is 2.34. The molecule has 1 saturated heterocycles. The average molecular weight is 264 g/mol. The lowest BCUT2D eigenvalue weighted by molar-refractivity contribution is 0.0780. The van der Waals surface area contributed by atoms with Gasteiger partial charge in [-0.25, -0.2) is 0 Å². The maximum atomic E-state index is 12.4. The van der Waals surface area contributed by atoms with Gasteiger partial charge in [0.25, 0.3) is 5.91 Å². The van der Waals surface area contributed by atoms with Gasteiger partial charge < -0.3 is 20.0 Å². The van der Waals surface area contributed by atoms with Gasteiger partial charge in [0.2, 0.25) is 0 Å². The van der Waals surface area contributed by atoms with Crippen LogP contribution in [-0.2, 0) is 0 Å². The van der Waals surface area contributed by atoms with E-state index in [0.29, 0.717) is 30.6 Å². The molecule has 0 saturated carbocycles. The van der Waals surface area contributed by atoms with Gasteiger partial charge in [-0.15, -0.1) is 0 Å². The molecule has 1 aliphatic rings. The van der Waals surface area contributed by atoms with Crippen molar-refractivity contribution in [3.8, 4) is 11.5 Å². The number of phenolic OH excluding ortho intramolecular Hbond substituents is 2. The summed E-state index contributed by atoms with van der Waals surface area (Å²) in [5.74, 6) is 0.0618. The van der Waals surface area contributed by atoms with E-state index < -0.39 is 0 Å². The Kier molecular flexibility index (Phi) is 3.66. The number of phenols is 2. The summed E-state index contributed by atoms with van der Waals surface area (Å²) < 4.78 is 0. The Morgan fingerprint density at radius 2 is 1.79 bits per heavy atom. The Morgan fingerprint density at radius 3 is 2.26 bits per heavy atom. The van der Waals surface area contributed by atoms with Crippen LogP contribution in [0.5, 0.6) is 11.5 Å². The van der Waals surface area contributed by atoms with Crippen molar-refractivity contribution in [3.63, 3.8) is 0 Å². The molecule has 19 heavy (non-hydrogen) atoms. The van der Waals surface area contributed by atoms with Crippen LogP contribution in [0.15, 0.2) is 18.2 Å². The van der Waals surface area contributed by atoms with E-state index in [1.165, 1.54) is 18.2 Å². The summed E-state index contributed by atoms with van der Waals surface area (Å²) in [6.45, 7) is 3.49. The number of likely N-dealkylation sites (N-methyl/N-ethyl adjacent to an activating group) is 1. The third-order valence-electron chi connectivity index (χ3n) is 3.67. The highest BCUT2D eigenvalue weighted by atomic mass is 16.3. The quantitative estimate of drug-likeness (QED) is 0.840. The molecule has 5 heteroatoms. The second-order valence-corrected chi connectivity index (χ2v) is 5.46. The van der Waals surface area contributed by atoms with Gasteiger partial charge >= 0.3 is 0 Å². The van der Waals surface area contributed by atoms with Crippen molar-refractivity contribution in [2.24, 2.45) is 5.92 Å². The first-order valence-corrected chi connectivity index (χ1v) is 6.37. The lowest BCUT2D eigenvalue weighted by Crippen LogP contribution is -2.35. The molecule has 1 amide bonds. The number of nitrogens with zero attached hydrogens (tertiary/aromatic N) is 2. The molecule has 0 bridgehead atoms. The van der Waals surface area contributed by atoms with Crippen LogP contribution in [0.1, 0.15) is 17.3 Å². The zero-order valence-corrected chi connectivity index (χ0v) is 11.5. The lowest BCUT2D eigenvalue weighted by atomic mass is 10.1. The van der Waals surface area contributed by atoms with Crippen molar-refractivity contribution in [3.05, 3.63) is 23.8 Å². The van der Waals surface area contributed by atoms with Crippen LogP contribution in [0.2, 0.25) is 0 Å². The topological polar surface area (TPSA) is 64.0 Å². The SMILES string of the molecule is CC1CN(C(=O)c2cc(O)cc(O)c2)CC1N(C)C. The largest absolute Gasteiger partial charge is 0.508 e. The molecular weight excluding hydrogens is 244 g/mol. The molecule has 1 heterocycles. The molecule has 2 atom stereocenters. The second-order valence-electron chi connectivity index (χ2n) is 5.46. The minimum Gasteiger partial charge on any atom is -0.508 e. The number of hydrogen-bond acceptors (Lipinski definition) is 4. The Hall–Kier alpha value is -1.75. The van der Waals surface area contributed by atoms with Gasteiger partial charge in [0, 0.05) is 30.8 Å². The third-order valence-corrected chi connectivity index (χ3v) is 3.67. The fourth-order valence-corrected chi connectivity index (χ4v) is 2.69. The molecule has 1 aromatic carbocycles. The van der Waals surface area contributed by atoms with Crippen LogP contribution in [-0.4, -0.2) is 59.1 Å². The van der Waals surface area contributed by atoms with Gasteiger partial charge in [-0.3, -0.25) is 4.79 Å². The van der Waals surface area contributed by atoms with Crippen molar-refractivity contribution in [2.75, 3.05) is 27.2 Å². The summed E-state index contributed by atoms with van der Waals surface area (Å²) in [4.78, 5) is 16.2. The molecule has 2 rings (SSSR count). The smallest absolute Gasteiger partial charge is 0.254 e. The summed E-state index contributed by atoms with van der Waals surface area (Å²) in [6.07, 6.45) is 0. The number of rotatable bonds is 2. The van der Waals surface area contributed by atoms with E-state index in [0.717, 1.165) is 0 Å². The summed E-state index contributed by atoms with van der Waals surface area (Å²) in [6, 6.07) is 4.33. The van der Waals surface area contributed by atoms with Crippen LogP contribution in [0.25, 0.3) is 0 Å². The predicted molar refractivity (Wildman–Crippen MR) is 72.3 cm³/mol. The van der Waals surface area contributed by atoms with E-state index in [9.17, 15) is 15.0 Å². The predicted octanol–water partition coefficient (Wildman–Crippen LogP) is 1.12. The molecule has 0 aromatic heterocycles. The van der Waals surface area contributed by atoms with Gasteiger partial charge in [0.05, 0.1) is 0 Å². The maximum Gasteiger partial charge on any atom is 0.254 e. The summed E-state index contributed by atoms with van der Waals surface area (Å²) in [5.41, 5.74) is 0.323. The lowest BCUT2D eigenvalue weighted by Gasteiger charge is -2.22. The highest BCUT2D eigenvalue weighted by Crippen LogP contribution is 2.25. The Morgan fingerprint density at radius 1 is 1.21 bits per heavy atom. The molecule has 1 aromatic rings. The average Bonchev–Trinajstić information content (AvgIpc) is 2.69. The van der Waals surface area contributed by atoms with Crippen molar-refractivity contribution < 1.29 is 15.0 Å². The van der Waals surface area contributed by atoms with Crippen molar-refractivity contribution in [1.82, 2.24) is 9.80 Å². The van der Waals surface area contributed by atoms with E-state index in [1.807, 2.05) is 14.1 Å². The summed E-state index contributed by atoms with van der Waals surface area (Å²) in [5, 5.41) is 18.9. The number of benzene rings is 1. The van der Waals surface area contributed by atoms with Crippen molar-refractivity contribution >= 4 is 5.91 Å². The zero-order chi connectivity index (χ0) is 14.2. The van der Waals surface area contributed by atoms with Crippen LogP contribution in [0, 0.1) is 5.92 Å². The molecule has 0 radical (unpaired) electrons. The number of carbonyl (C=O) groups is 1. The Bertz CT molecular complexity index is 467. The van der Waals surface area contributed by atoms with Gasteiger partial charge in [-0.2, -0.15) is 0 Å². The Labute approximate surface area is 113 Å². The second kappa shape index (κ2) is 5.09. The first kappa shape index (κ1) is 13.7. The summed E-state index contributed by atoms with van der Waals surface area (Å²) in [7, 11) is 4.02. The number of carbonyl (C=O) groups excluding carboxylic acids is 1. The van der Waals surface area contributed by atoms with Gasteiger partial charge in [-0.05, 0) is 32.1 Å². The molecule has 104 valence electrons. The number of likely N-dealkylation sites (tertiary alicyclic amines) is 1. The van der Waals surface area contributed by atoms with E-state index in [2.05, 4.69) is 11.8 Å². The first-order valence-electron chi connectivity index (χ1n) is 6.37. The molecule has 0 aliphatic carbocycles. The van der Waals surface area contributed by atoms with E-state index >= 15 is 0 Å². The van der Waals surface area contributed by atoms with Gasteiger partial charge in [-0.1, -0.05) is 6.92 Å². The monoisotopic (exact) mass is 264 g/mol. The molecule has 0 spiro atoms. The number of amides is 1. The van der Waals surface area contributed by atoms with Crippen molar-refractivity contribution in [1.29, 1.82) is 0 Å². The molecular formula is C14H20N2O3. The molecule has 1 aliphatic heterocycles. The van der Waals surface area contributed by atoms with Crippen LogP contribution >= 0.6 is 0 Å². The fraction of sp³-hybridized carbons (Fsp3) is 0.500. The van der Waals surface area contributed by atoms with E-state index in [1.54, 1.807) is 4.90 Å². The molecule has 2 unspecified atom stereocenters. The minimum absolute atomic E-state index is 0.0974. The van der Waals surface area contributed by atoms with Gasteiger partial charge in [0.15, 0.2) is 0 Å². The van der Waals surface area contributed by atoms with Crippen LogP contribution in [0.4, 0.5) is 0 Å². The molecule has 5 nitrogen and oxygen atoms in total. The van der Waals surface area contributed by atoms with Crippen LogP contribution in [0.3, 0.4) is 0 Å². The van der Waals surface area contributed by atoms with Gasteiger partial charge in [0.1, 0.15) is 11.5 Å². The number of hydrogen-bond donors (Lipinski definition) is 2.